The van der Waals surface area contributed by atoms with Gasteiger partial charge in [0.1, 0.15) is 11.9 Å². The maximum Gasteiger partial charge on any atom is 0.189 e. The molecule has 2 aromatic rings. The van der Waals surface area contributed by atoms with Crippen LogP contribution in [-0.2, 0) is 0 Å². The third-order valence-corrected chi connectivity index (χ3v) is 4.04. The molecule has 8 heteroatoms. The van der Waals surface area contributed by atoms with Crippen molar-refractivity contribution in [1.29, 1.82) is 5.26 Å². The predicted octanol–water partition coefficient (Wildman–Crippen LogP) is 3.77. The van der Waals surface area contributed by atoms with Crippen LogP contribution in [0.25, 0.3) is 10.9 Å². The van der Waals surface area contributed by atoms with Crippen molar-refractivity contribution in [2.75, 3.05) is 12.0 Å². The second-order valence-corrected chi connectivity index (χ2v) is 5.16. The van der Waals surface area contributed by atoms with E-state index in [9.17, 15) is 0 Å². The van der Waals surface area contributed by atoms with Crippen LogP contribution in [0, 0.1) is 11.3 Å². The molecule has 2 rings (SSSR count). The molecule has 0 bridgehead atoms. The summed E-state index contributed by atoms with van der Waals surface area (Å²) in [5, 5.41) is 10.2. The van der Waals surface area contributed by atoms with Crippen LogP contribution in [0.15, 0.2) is 5.16 Å². The Morgan fingerprint density at radius 1 is 1.17 bits per heavy atom. The van der Waals surface area contributed by atoms with E-state index in [-0.39, 0.29) is 26.4 Å². The Labute approximate surface area is 122 Å². The van der Waals surface area contributed by atoms with E-state index < -0.39 is 0 Å². The molecular weight excluding hydrogens is 315 g/mol. The van der Waals surface area contributed by atoms with E-state index in [2.05, 4.69) is 9.97 Å². The van der Waals surface area contributed by atoms with Crippen LogP contribution in [0.1, 0.15) is 5.56 Å². The lowest BCUT2D eigenvalue weighted by Crippen LogP contribution is -1.99. The molecule has 0 fully saturated rings. The summed E-state index contributed by atoms with van der Waals surface area (Å²) in [5.41, 5.74) is 6.24. The van der Waals surface area contributed by atoms with Crippen molar-refractivity contribution in [2.45, 2.75) is 5.16 Å². The van der Waals surface area contributed by atoms with Gasteiger partial charge < -0.3 is 5.73 Å². The highest BCUT2D eigenvalue weighted by atomic mass is 35.5. The van der Waals surface area contributed by atoms with Gasteiger partial charge in [-0.15, -0.1) is 0 Å². The van der Waals surface area contributed by atoms with Gasteiger partial charge in [-0.1, -0.05) is 46.6 Å². The second kappa shape index (κ2) is 4.98. The highest BCUT2D eigenvalue weighted by Crippen LogP contribution is 2.41. The molecule has 1 aromatic carbocycles. The number of nitriles is 1. The lowest BCUT2D eigenvalue weighted by Gasteiger charge is -2.10. The minimum absolute atomic E-state index is 0.0711. The molecule has 0 saturated carbocycles. The van der Waals surface area contributed by atoms with E-state index in [0.717, 1.165) is 0 Å². The van der Waals surface area contributed by atoms with Gasteiger partial charge in [0.2, 0.25) is 0 Å². The van der Waals surface area contributed by atoms with Crippen LogP contribution in [-0.4, -0.2) is 16.2 Å². The topological polar surface area (TPSA) is 75.6 Å². The molecule has 0 aliphatic rings. The molecule has 0 amide bonds. The summed E-state index contributed by atoms with van der Waals surface area (Å²) in [4.78, 5) is 8.27. The number of thioether (sulfide) groups is 1. The van der Waals surface area contributed by atoms with E-state index in [1.54, 1.807) is 6.26 Å². The molecule has 0 saturated heterocycles. The molecule has 0 aliphatic heterocycles. The smallest absolute Gasteiger partial charge is 0.189 e. The average Bonchev–Trinajstić information content (AvgIpc) is 2.35. The Hall–Kier alpha value is -0.930. The van der Waals surface area contributed by atoms with Crippen molar-refractivity contribution in [3.8, 4) is 6.07 Å². The summed E-state index contributed by atoms with van der Waals surface area (Å²) >= 11 is 19.5. The van der Waals surface area contributed by atoms with Crippen molar-refractivity contribution in [3.63, 3.8) is 0 Å². The molecule has 2 N–H and O–H groups in total. The highest BCUT2D eigenvalue weighted by molar-refractivity contribution is 7.98. The fourth-order valence-electron chi connectivity index (χ4n) is 1.46. The Balaban J connectivity index is 3.03. The Kier molecular flexibility index (Phi) is 3.74. The van der Waals surface area contributed by atoms with E-state index in [4.69, 9.17) is 45.8 Å². The summed E-state index contributed by atoms with van der Waals surface area (Å²) in [5.74, 6) is 0.171. The van der Waals surface area contributed by atoms with Gasteiger partial charge in [0, 0.05) is 0 Å². The highest BCUT2D eigenvalue weighted by Gasteiger charge is 2.20. The number of nitrogens with two attached hydrogens (primary N) is 1. The molecule has 0 spiro atoms. The molecule has 4 nitrogen and oxygen atoms in total. The number of halogens is 3. The first-order valence-corrected chi connectivity index (χ1v) is 6.94. The van der Waals surface area contributed by atoms with E-state index in [1.165, 1.54) is 11.8 Å². The fourth-order valence-corrected chi connectivity index (χ4v) is 2.66. The third kappa shape index (κ3) is 1.95. The molecule has 18 heavy (non-hydrogen) atoms. The van der Waals surface area contributed by atoms with Crippen LogP contribution in [0.3, 0.4) is 0 Å². The minimum atomic E-state index is 0.0711. The van der Waals surface area contributed by atoms with Crippen LogP contribution in [0.5, 0.6) is 0 Å². The monoisotopic (exact) mass is 318 g/mol. The van der Waals surface area contributed by atoms with E-state index >= 15 is 0 Å². The van der Waals surface area contributed by atoms with Gasteiger partial charge in [-0.25, -0.2) is 9.97 Å². The van der Waals surface area contributed by atoms with Gasteiger partial charge in [0.05, 0.1) is 31.5 Å². The van der Waals surface area contributed by atoms with Crippen molar-refractivity contribution in [1.82, 2.24) is 9.97 Å². The summed E-state index contributed by atoms with van der Waals surface area (Å²) in [6.45, 7) is 0. The Morgan fingerprint density at radius 2 is 1.83 bits per heavy atom. The summed E-state index contributed by atoms with van der Waals surface area (Å²) < 4.78 is 0. The summed E-state index contributed by atoms with van der Waals surface area (Å²) in [6.07, 6.45) is 1.81. The van der Waals surface area contributed by atoms with Crippen LogP contribution < -0.4 is 5.73 Å². The minimum Gasteiger partial charge on any atom is -0.383 e. The van der Waals surface area contributed by atoms with Gasteiger partial charge >= 0.3 is 0 Å². The quantitative estimate of drug-likeness (QED) is 0.492. The number of hydrogen-bond acceptors (Lipinski definition) is 5. The molecule has 0 aliphatic carbocycles. The molecule has 0 radical (unpaired) electrons. The number of rotatable bonds is 1. The van der Waals surface area contributed by atoms with Crippen molar-refractivity contribution >= 4 is 63.3 Å². The maximum absolute atomic E-state index is 9.01. The van der Waals surface area contributed by atoms with Crippen molar-refractivity contribution in [3.05, 3.63) is 20.6 Å². The van der Waals surface area contributed by atoms with Crippen LogP contribution in [0.4, 0.5) is 5.82 Å². The van der Waals surface area contributed by atoms with Crippen LogP contribution >= 0.6 is 46.6 Å². The predicted molar refractivity (Wildman–Crippen MR) is 75.5 cm³/mol. The van der Waals surface area contributed by atoms with Gasteiger partial charge in [-0.3, -0.25) is 0 Å². The first-order valence-electron chi connectivity index (χ1n) is 4.59. The molecule has 1 aromatic heterocycles. The number of anilines is 1. The molecule has 1 heterocycles. The zero-order valence-electron chi connectivity index (χ0n) is 8.96. The summed E-state index contributed by atoms with van der Waals surface area (Å²) in [7, 11) is 0. The van der Waals surface area contributed by atoms with Crippen molar-refractivity contribution in [2.24, 2.45) is 0 Å². The zero-order chi connectivity index (χ0) is 13.4. The van der Waals surface area contributed by atoms with Gasteiger partial charge in [-0.05, 0) is 6.26 Å². The number of fused-ring (bicyclic) bond motifs is 1. The number of nitrogen functional groups attached to an aromatic ring is 1. The second-order valence-electron chi connectivity index (χ2n) is 3.25. The molecule has 92 valence electrons. The number of nitrogens with zero attached hydrogens (tertiary/aromatic N) is 3. The average molecular weight is 320 g/mol. The maximum atomic E-state index is 9.01. The first-order chi connectivity index (χ1) is 8.51. The van der Waals surface area contributed by atoms with E-state index in [1.807, 2.05) is 6.07 Å². The lowest BCUT2D eigenvalue weighted by atomic mass is 10.1. The first kappa shape index (κ1) is 13.5. The number of hydrogen-bond donors (Lipinski definition) is 1. The number of aromatic nitrogens is 2. The van der Waals surface area contributed by atoms with E-state index in [0.29, 0.717) is 16.1 Å². The van der Waals surface area contributed by atoms with Crippen LogP contribution in [0.2, 0.25) is 15.1 Å². The zero-order valence-corrected chi connectivity index (χ0v) is 12.0. The number of benzene rings is 1. The fraction of sp³-hybridized carbons (Fsp3) is 0.100. The summed E-state index contributed by atoms with van der Waals surface area (Å²) in [6, 6.07) is 1.89. The van der Waals surface area contributed by atoms with Gasteiger partial charge in [-0.2, -0.15) is 5.26 Å². The molecule has 0 unspecified atom stereocenters. The van der Waals surface area contributed by atoms with Gasteiger partial charge in [0.15, 0.2) is 5.16 Å². The Bertz CT molecular complexity index is 696. The largest absolute Gasteiger partial charge is 0.383 e. The standard InChI is InChI=1S/C10H5Cl3N4S/c1-18-10-16-8-4(9(15)17-10)5(11)3(2-14)6(12)7(8)13/h1H3,(H2,15,16,17). The van der Waals surface area contributed by atoms with Crippen molar-refractivity contribution < 1.29 is 0 Å². The van der Waals surface area contributed by atoms with Gasteiger partial charge in [0.25, 0.3) is 0 Å². The molecular formula is C10H5Cl3N4S. The lowest BCUT2D eigenvalue weighted by molar-refractivity contribution is 1.02. The Morgan fingerprint density at radius 3 is 2.39 bits per heavy atom. The third-order valence-electron chi connectivity index (χ3n) is 2.27. The SMILES string of the molecule is CSc1nc(N)c2c(Cl)c(C#N)c(Cl)c(Cl)c2n1. The normalized spacial score (nSPS) is 10.6. The molecule has 0 atom stereocenters.